The highest BCUT2D eigenvalue weighted by molar-refractivity contribution is 5.42. The molecule has 17 heavy (non-hydrogen) atoms. The summed E-state index contributed by atoms with van der Waals surface area (Å²) in [5, 5.41) is 9.92. The fourth-order valence-electron chi connectivity index (χ4n) is 2.88. The zero-order valence-corrected chi connectivity index (χ0v) is 10.5. The Bertz CT molecular complexity index is 378. The Morgan fingerprint density at radius 1 is 1.47 bits per heavy atom. The van der Waals surface area contributed by atoms with Gasteiger partial charge in [0, 0.05) is 19.1 Å². The molecule has 0 radical (unpaired) electrons. The molecular weight excluding hydrogens is 212 g/mol. The first kappa shape index (κ1) is 12.4. The van der Waals surface area contributed by atoms with Crippen molar-refractivity contribution in [2.24, 2.45) is 5.73 Å². The molecule has 1 aromatic rings. The summed E-state index contributed by atoms with van der Waals surface area (Å²) in [6.07, 6.45) is 3.32. The van der Waals surface area contributed by atoms with Gasteiger partial charge in [-0.2, -0.15) is 0 Å². The third-order valence-electron chi connectivity index (χ3n) is 3.71. The molecule has 0 bridgehead atoms. The van der Waals surface area contributed by atoms with E-state index in [4.69, 9.17) is 5.73 Å². The van der Waals surface area contributed by atoms with Crippen LogP contribution in [0.25, 0.3) is 0 Å². The lowest BCUT2D eigenvalue weighted by molar-refractivity contribution is 0.192. The maximum Gasteiger partial charge on any atom is 0.119 e. The van der Waals surface area contributed by atoms with Crippen LogP contribution in [0.3, 0.4) is 0 Å². The summed E-state index contributed by atoms with van der Waals surface area (Å²) in [6, 6.07) is 6.32. The van der Waals surface area contributed by atoms with Gasteiger partial charge in [-0.15, -0.1) is 0 Å². The molecule has 94 valence electrons. The van der Waals surface area contributed by atoms with Gasteiger partial charge in [0.05, 0.1) is 0 Å². The van der Waals surface area contributed by atoms with Gasteiger partial charge < -0.3 is 10.8 Å². The van der Waals surface area contributed by atoms with Crippen LogP contribution in [-0.2, 0) is 6.42 Å². The lowest BCUT2D eigenvalue weighted by atomic mass is 9.86. The Hall–Kier alpha value is -1.06. The van der Waals surface area contributed by atoms with E-state index in [1.165, 1.54) is 12.0 Å². The topological polar surface area (TPSA) is 49.5 Å². The lowest BCUT2D eigenvalue weighted by Crippen LogP contribution is -2.35. The van der Waals surface area contributed by atoms with Gasteiger partial charge in [0.2, 0.25) is 0 Å². The van der Waals surface area contributed by atoms with Gasteiger partial charge >= 0.3 is 0 Å². The minimum absolute atomic E-state index is 0.430. The molecule has 0 heterocycles. The van der Waals surface area contributed by atoms with E-state index < -0.39 is 0 Å². The Kier molecular flexibility index (Phi) is 4.02. The number of hydrogen-bond acceptors (Lipinski definition) is 3. The first-order chi connectivity index (χ1) is 8.27. The average molecular weight is 234 g/mol. The van der Waals surface area contributed by atoms with Crippen LogP contribution in [0.1, 0.15) is 36.9 Å². The van der Waals surface area contributed by atoms with E-state index in [0.717, 1.165) is 31.5 Å². The summed E-state index contributed by atoms with van der Waals surface area (Å²) in [6.45, 7) is 4.80. The standard InChI is InChI=1S/C14H22N2O/c1-2-16(10-9-15)13-7-3-6-12-11(13)5-4-8-14(12)17/h4-5,8,13,17H,2-3,6-7,9-10,15H2,1H3. The molecule has 1 aromatic carbocycles. The number of benzene rings is 1. The van der Waals surface area contributed by atoms with Crippen LogP contribution in [0.5, 0.6) is 5.75 Å². The van der Waals surface area contributed by atoms with Gasteiger partial charge in [0.1, 0.15) is 5.75 Å². The van der Waals surface area contributed by atoms with Crippen LogP contribution in [-0.4, -0.2) is 29.6 Å². The molecule has 0 saturated carbocycles. The van der Waals surface area contributed by atoms with E-state index in [1.807, 2.05) is 6.07 Å². The molecule has 3 N–H and O–H groups in total. The number of phenolic OH excluding ortho intramolecular Hbond substituents is 1. The zero-order valence-electron chi connectivity index (χ0n) is 10.5. The van der Waals surface area contributed by atoms with Gasteiger partial charge in [-0.05, 0) is 43.0 Å². The molecule has 0 saturated heterocycles. The lowest BCUT2D eigenvalue weighted by Gasteiger charge is -2.35. The second-order valence-electron chi connectivity index (χ2n) is 4.67. The van der Waals surface area contributed by atoms with E-state index in [-0.39, 0.29) is 0 Å². The molecule has 1 aliphatic carbocycles. The molecule has 0 fully saturated rings. The average Bonchev–Trinajstić information content (AvgIpc) is 2.36. The van der Waals surface area contributed by atoms with Crippen LogP contribution < -0.4 is 5.73 Å². The molecule has 1 aliphatic rings. The number of hydrogen-bond donors (Lipinski definition) is 2. The third kappa shape index (κ3) is 2.45. The molecule has 0 aliphatic heterocycles. The first-order valence-electron chi connectivity index (χ1n) is 6.52. The van der Waals surface area contributed by atoms with Crippen molar-refractivity contribution in [2.45, 2.75) is 32.2 Å². The number of nitrogens with zero attached hydrogens (tertiary/aromatic N) is 1. The van der Waals surface area contributed by atoms with E-state index in [2.05, 4.69) is 17.9 Å². The van der Waals surface area contributed by atoms with Crippen molar-refractivity contribution in [3.05, 3.63) is 29.3 Å². The molecule has 0 aromatic heterocycles. The number of fused-ring (bicyclic) bond motifs is 1. The number of nitrogens with two attached hydrogens (primary N) is 1. The predicted molar refractivity (Wildman–Crippen MR) is 70.1 cm³/mol. The molecule has 2 rings (SSSR count). The summed E-state index contributed by atoms with van der Waals surface area (Å²) in [5.74, 6) is 0.455. The van der Waals surface area contributed by atoms with Gasteiger partial charge in [-0.1, -0.05) is 19.1 Å². The molecule has 1 unspecified atom stereocenters. The Labute approximate surface area is 103 Å². The maximum atomic E-state index is 9.92. The van der Waals surface area contributed by atoms with E-state index in [9.17, 15) is 5.11 Å². The first-order valence-corrected chi connectivity index (χ1v) is 6.52. The minimum atomic E-state index is 0.430. The monoisotopic (exact) mass is 234 g/mol. The maximum absolute atomic E-state index is 9.92. The third-order valence-corrected chi connectivity index (χ3v) is 3.71. The second kappa shape index (κ2) is 5.52. The summed E-state index contributed by atoms with van der Waals surface area (Å²) < 4.78 is 0. The summed E-state index contributed by atoms with van der Waals surface area (Å²) in [4.78, 5) is 2.41. The largest absolute Gasteiger partial charge is 0.508 e. The Morgan fingerprint density at radius 3 is 3.00 bits per heavy atom. The molecule has 3 heteroatoms. The normalized spacial score (nSPS) is 19.4. The molecule has 0 spiro atoms. The highest BCUT2D eigenvalue weighted by Gasteiger charge is 2.25. The fourth-order valence-corrected chi connectivity index (χ4v) is 2.88. The SMILES string of the molecule is CCN(CCN)C1CCCc2c(O)cccc21. The van der Waals surface area contributed by atoms with E-state index in [1.54, 1.807) is 6.07 Å². The van der Waals surface area contributed by atoms with Gasteiger partial charge in [-0.25, -0.2) is 0 Å². The predicted octanol–water partition coefficient (Wildman–Crippen LogP) is 2.05. The van der Waals surface area contributed by atoms with Crippen molar-refractivity contribution < 1.29 is 5.11 Å². The Balaban J connectivity index is 2.30. The second-order valence-corrected chi connectivity index (χ2v) is 4.67. The zero-order chi connectivity index (χ0) is 12.3. The summed E-state index contributed by atoms with van der Waals surface area (Å²) >= 11 is 0. The highest BCUT2D eigenvalue weighted by atomic mass is 16.3. The quantitative estimate of drug-likeness (QED) is 0.838. The van der Waals surface area contributed by atoms with Crippen molar-refractivity contribution in [3.63, 3.8) is 0 Å². The van der Waals surface area contributed by atoms with Gasteiger partial charge in [0.15, 0.2) is 0 Å². The van der Waals surface area contributed by atoms with Gasteiger partial charge in [0.25, 0.3) is 0 Å². The van der Waals surface area contributed by atoms with E-state index >= 15 is 0 Å². The summed E-state index contributed by atoms with van der Waals surface area (Å²) in [7, 11) is 0. The van der Waals surface area contributed by atoms with Crippen molar-refractivity contribution >= 4 is 0 Å². The smallest absolute Gasteiger partial charge is 0.119 e. The van der Waals surface area contributed by atoms with Crippen LogP contribution >= 0.6 is 0 Å². The number of rotatable bonds is 4. The van der Waals surface area contributed by atoms with Crippen LogP contribution in [0.4, 0.5) is 0 Å². The van der Waals surface area contributed by atoms with Crippen LogP contribution in [0.15, 0.2) is 18.2 Å². The van der Waals surface area contributed by atoms with Gasteiger partial charge in [-0.3, -0.25) is 4.90 Å². The molecular formula is C14H22N2O. The van der Waals surface area contributed by atoms with Crippen LogP contribution in [0.2, 0.25) is 0 Å². The molecule has 0 amide bonds. The summed E-state index contributed by atoms with van der Waals surface area (Å²) in [5.41, 5.74) is 8.11. The van der Waals surface area contributed by atoms with Crippen molar-refractivity contribution in [2.75, 3.05) is 19.6 Å². The fraction of sp³-hybridized carbons (Fsp3) is 0.571. The van der Waals surface area contributed by atoms with Crippen molar-refractivity contribution in [1.29, 1.82) is 0 Å². The van der Waals surface area contributed by atoms with E-state index in [0.29, 0.717) is 18.3 Å². The number of phenols is 1. The highest BCUT2D eigenvalue weighted by Crippen LogP contribution is 2.37. The molecule has 3 nitrogen and oxygen atoms in total. The minimum Gasteiger partial charge on any atom is -0.508 e. The van der Waals surface area contributed by atoms with Crippen LogP contribution in [0, 0.1) is 0 Å². The Morgan fingerprint density at radius 2 is 2.29 bits per heavy atom. The number of aromatic hydroxyl groups is 1. The van der Waals surface area contributed by atoms with Crippen molar-refractivity contribution in [3.8, 4) is 5.75 Å². The number of likely N-dealkylation sites (N-methyl/N-ethyl adjacent to an activating group) is 1. The van der Waals surface area contributed by atoms with Crippen molar-refractivity contribution in [1.82, 2.24) is 4.90 Å². The molecule has 1 atom stereocenters.